The second-order valence-electron chi connectivity index (χ2n) is 5.55. The number of para-hydroxylation sites is 1. The molecule has 20 heavy (non-hydrogen) atoms. The van der Waals surface area contributed by atoms with Crippen LogP contribution in [0.15, 0.2) is 42.5 Å². The van der Waals surface area contributed by atoms with Crippen molar-refractivity contribution in [2.75, 3.05) is 4.90 Å². The summed E-state index contributed by atoms with van der Waals surface area (Å²) in [5, 5.41) is 0. The minimum atomic E-state index is -0.205. The molecule has 0 saturated carbocycles. The summed E-state index contributed by atoms with van der Waals surface area (Å²) in [5.41, 5.74) is 9.64. The molecule has 2 nitrogen and oxygen atoms in total. The van der Waals surface area contributed by atoms with Gasteiger partial charge in [-0.1, -0.05) is 24.3 Å². The number of hydrogen-bond acceptors (Lipinski definition) is 2. The Labute approximate surface area is 119 Å². The lowest BCUT2D eigenvalue weighted by Gasteiger charge is -2.26. The third-order valence-corrected chi connectivity index (χ3v) is 3.96. The van der Waals surface area contributed by atoms with Gasteiger partial charge in [0, 0.05) is 17.8 Å². The number of fused-ring (bicyclic) bond motifs is 1. The number of rotatable bonds is 2. The van der Waals surface area contributed by atoms with Gasteiger partial charge in [-0.2, -0.15) is 0 Å². The molecule has 0 bridgehead atoms. The smallest absolute Gasteiger partial charge is 0.147 e. The van der Waals surface area contributed by atoms with Gasteiger partial charge < -0.3 is 10.6 Å². The van der Waals surface area contributed by atoms with Crippen LogP contribution in [0.1, 0.15) is 31.0 Å². The average molecular weight is 270 g/mol. The quantitative estimate of drug-likeness (QED) is 0.896. The van der Waals surface area contributed by atoms with Gasteiger partial charge >= 0.3 is 0 Å². The second kappa shape index (κ2) is 4.91. The zero-order valence-electron chi connectivity index (χ0n) is 11.8. The molecule has 3 heteroatoms. The zero-order valence-corrected chi connectivity index (χ0v) is 11.8. The van der Waals surface area contributed by atoms with Gasteiger partial charge in [-0.25, -0.2) is 4.39 Å². The van der Waals surface area contributed by atoms with E-state index in [1.165, 1.54) is 5.56 Å². The zero-order chi connectivity index (χ0) is 14.3. The first-order chi connectivity index (χ1) is 9.58. The van der Waals surface area contributed by atoms with Gasteiger partial charge in [-0.05, 0) is 49.6 Å². The fourth-order valence-corrected chi connectivity index (χ4v) is 2.93. The Hall–Kier alpha value is -1.87. The van der Waals surface area contributed by atoms with Crippen LogP contribution < -0.4 is 10.6 Å². The van der Waals surface area contributed by atoms with Gasteiger partial charge in [0.05, 0.1) is 5.69 Å². The Kier molecular flexibility index (Phi) is 3.22. The largest absolute Gasteiger partial charge is 0.336 e. The molecule has 0 spiro atoms. The van der Waals surface area contributed by atoms with E-state index in [0.717, 1.165) is 17.7 Å². The number of nitrogens with two attached hydrogens (primary N) is 1. The summed E-state index contributed by atoms with van der Waals surface area (Å²) in [6, 6.07) is 13.6. The van der Waals surface area contributed by atoms with E-state index in [1.54, 1.807) is 6.07 Å². The van der Waals surface area contributed by atoms with Crippen LogP contribution in [0.5, 0.6) is 0 Å². The molecule has 2 atom stereocenters. The molecule has 2 aromatic rings. The van der Waals surface area contributed by atoms with Crippen LogP contribution >= 0.6 is 0 Å². The van der Waals surface area contributed by atoms with Gasteiger partial charge in [0.2, 0.25) is 0 Å². The standard InChI is InChI=1S/C17H19FN2/c1-11-9-14-5-3-4-6-16(14)20(11)17-8-7-13(12(2)19)10-15(17)18/h3-8,10-12H,9,19H2,1-2H3/t11?,12-/m0/s1. The highest BCUT2D eigenvalue weighted by Gasteiger charge is 2.28. The van der Waals surface area contributed by atoms with Crippen molar-refractivity contribution in [2.45, 2.75) is 32.4 Å². The molecule has 0 aromatic heterocycles. The van der Waals surface area contributed by atoms with Crippen LogP contribution in [0.2, 0.25) is 0 Å². The van der Waals surface area contributed by atoms with E-state index in [4.69, 9.17) is 5.73 Å². The van der Waals surface area contributed by atoms with E-state index in [-0.39, 0.29) is 17.9 Å². The average Bonchev–Trinajstić information content (AvgIpc) is 2.74. The molecule has 0 amide bonds. The highest BCUT2D eigenvalue weighted by Crippen LogP contribution is 2.39. The Balaban J connectivity index is 2.05. The fraction of sp³-hybridized carbons (Fsp3) is 0.294. The topological polar surface area (TPSA) is 29.3 Å². The molecule has 0 fully saturated rings. The lowest BCUT2D eigenvalue weighted by molar-refractivity contribution is 0.613. The molecule has 104 valence electrons. The van der Waals surface area contributed by atoms with E-state index in [0.29, 0.717) is 5.69 Å². The maximum atomic E-state index is 14.4. The van der Waals surface area contributed by atoms with Crippen molar-refractivity contribution in [2.24, 2.45) is 5.73 Å². The molecular weight excluding hydrogens is 251 g/mol. The predicted octanol–water partition coefficient (Wildman–Crippen LogP) is 3.93. The van der Waals surface area contributed by atoms with Gasteiger partial charge in [-0.15, -0.1) is 0 Å². The summed E-state index contributed by atoms with van der Waals surface area (Å²) in [6.07, 6.45) is 0.949. The Bertz CT molecular complexity index is 637. The van der Waals surface area contributed by atoms with Gasteiger partial charge in [0.25, 0.3) is 0 Å². The van der Waals surface area contributed by atoms with Crippen LogP contribution in [0.25, 0.3) is 0 Å². The molecule has 1 heterocycles. The number of halogens is 1. The molecule has 1 unspecified atom stereocenters. The van der Waals surface area contributed by atoms with E-state index >= 15 is 0 Å². The Morgan fingerprint density at radius 2 is 1.95 bits per heavy atom. The molecule has 2 aromatic carbocycles. The maximum Gasteiger partial charge on any atom is 0.147 e. The molecule has 2 N–H and O–H groups in total. The van der Waals surface area contributed by atoms with Crippen molar-refractivity contribution in [1.82, 2.24) is 0 Å². The molecule has 0 aliphatic carbocycles. The Morgan fingerprint density at radius 3 is 2.65 bits per heavy atom. The molecule has 0 saturated heterocycles. The van der Waals surface area contributed by atoms with Gasteiger partial charge in [0.15, 0.2) is 0 Å². The van der Waals surface area contributed by atoms with E-state index in [1.807, 2.05) is 31.2 Å². The number of anilines is 2. The highest BCUT2D eigenvalue weighted by atomic mass is 19.1. The van der Waals surface area contributed by atoms with E-state index < -0.39 is 0 Å². The first kappa shape index (κ1) is 13.1. The third-order valence-electron chi connectivity index (χ3n) is 3.96. The monoisotopic (exact) mass is 270 g/mol. The summed E-state index contributed by atoms with van der Waals surface area (Å²) in [6.45, 7) is 3.99. The third kappa shape index (κ3) is 2.08. The molecule has 1 aliphatic rings. The molecule has 1 aliphatic heterocycles. The summed E-state index contributed by atoms with van der Waals surface area (Å²) in [5.74, 6) is -0.205. The summed E-state index contributed by atoms with van der Waals surface area (Å²) in [7, 11) is 0. The fourth-order valence-electron chi connectivity index (χ4n) is 2.93. The van der Waals surface area contributed by atoms with Crippen molar-refractivity contribution >= 4 is 11.4 Å². The normalized spacial score (nSPS) is 19.0. The SMILES string of the molecule is CC1Cc2ccccc2N1c1ccc([C@H](C)N)cc1F. The van der Waals surface area contributed by atoms with Crippen LogP contribution in [0.4, 0.5) is 15.8 Å². The number of nitrogens with zero attached hydrogens (tertiary/aromatic N) is 1. The first-order valence-corrected chi connectivity index (χ1v) is 7.00. The number of hydrogen-bond donors (Lipinski definition) is 1. The summed E-state index contributed by atoms with van der Waals surface area (Å²) >= 11 is 0. The van der Waals surface area contributed by atoms with Crippen LogP contribution in [-0.2, 0) is 6.42 Å². The van der Waals surface area contributed by atoms with Crippen molar-refractivity contribution in [3.63, 3.8) is 0 Å². The van der Waals surface area contributed by atoms with Gasteiger partial charge in [0.1, 0.15) is 5.82 Å². The van der Waals surface area contributed by atoms with Crippen molar-refractivity contribution < 1.29 is 4.39 Å². The second-order valence-corrected chi connectivity index (χ2v) is 5.55. The van der Waals surface area contributed by atoms with E-state index in [2.05, 4.69) is 24.0 Å². The summed E-state index contributed by atoms with van der Waals surface area (Å²) in [4.78, 5) is 2.08. The van der Waals surface area contributed by atoms with Gasteiger partial charge in [-0.3, -0.25) is 0 Å². The van der Waals surface area contributed by atoms with E-state index in [9.17, 15) is 4.39 Å². The lowest BCUT2D eigenvalue weighted by Crippen LogP contribution is -2.25. The maximum absolute atomic E-state index is 14.4. The molecular formula is C17H19FN2. The first-order valence-electron chi connectivity index (χ1n) is 7.00. The van der Waals surface area contributed by atoms with Crippen molar-refractivity contribution in [3.05, 3.63) is 59.4 Å². The molecule has 0 radical (unpaired) electrons. The van der Waals surface area contributed by atoms with Crippen molar-refractivity contribution in [1.29, 1.82) is 0 Å². The highest BCUT2D eigenvalue weighted by molar-refractivity contribution is 5.71. The van der Waals surface area contributed by atoms with Crippen LogP contribution in [-0.4, -0.2) is 6.04 Å². The van der Waals surface area contributed by atoms with Crippen LogP contribution in [0, 0.1) is 5.82 Å². The Morgan fingerprint density at radius 1 is 1.20 bits per heavy atom. The summed E-state index contributed by atoms with van der Waals surface area (Å²) < 4.78 is 14.4. The van der Waals surface area contributed by atoms with Crippen molar-refractivity contribution in [3.8, 4) is 0 Å². The minimum Gasteiger partial charge on any atom is -0.336 e. The predicted molar refractivity (Wildman–Crippen MR) is 80.7 cm³/mol. The molecule has 3 rings (SSSR count). The van der Waals surface area contributed by atoms with Crippen LogP contribution in [0.3, 0.4) is 0 Å². The number of benzene rings is 2. The lowest BCUT2D eigenvalue weighted by atomic mass is 10.1. The minimum absolute atomic E-state index is 0.151.